The van der Waals surface area contributed by atoms with Crippen molar-refractivity contribution in [2.45, 2.75) is 45.9 Å². The van der Waals surface area contributed by atoms with Crippen LogP contribution in [0.1, 0.15) is 37.8 Å². The third-order valence-corrected chi connectivity index (χ3v) is 3.10. The molecule has 0 fully saturated rings. The molecule has 0 unspecified atom stereocenters. The molecule has 0 aliphatic carbocycles. The summed E-state index contributed by atoms with van der Waals surface area (Å²) in [6.45, 7) is 8.37. The van der Waals surface area contributed by atoms with E-state index in [4.69, 9.17) is 9.15 Å². The van der Waals surface area contributed by atoms with Gasteiger partial charge in [0, 0.05) is 29.4 Å². The van der Waals surface area contributed by atoms with Crippen LogP contribution in [-0.2, 0) is 24.3 Å². The molecule has 0 radical (unpaired) electrons. The molecular weight excluding hydrogens is 264 g/mol. The van der Waals surface area contributed by atoms with Gasteiger partial charge in [0.05, 0.1) is 26.0 Å². The van der Waals surface area contributed by atoms with E-state index in [0.717, 1.165) is 30.0 Å². The van der Waals surface area contributed by atoms with Gasteiger partial charge in [-0.25, -0.2) is 0 Å². The molecule has 0 bridgehead atoms. The summed E-state index contributed by atoms with van der Waals surface area (Å²) in [6.07, 6.45) is 4.35. The molecule has 2 aromatic heterocycles. The van der Waals surface area contributed by atoms with Crippen molar-refractivity contribution < 1.29 is 9.15 Å². The SMILES string of the molecule is CC(C)(C)NCc1occc1COCCc1ccccn1. The molecule has 4 heteroatoms. The highest BCUT2D eigenvalue weighted by Crippen LogP contribution is 2.13. The molecule has 2 aromatic rings. The third-order valence-electron chi connectivity index (χ3n) is 3.10. The molecular formula is C17H24N2O2. The van der Waals surface area contributed by atoms with Crippen LogP contribution in [0.3, 0.4) is 0 Å². The van der Waals surface area contributed by atoms with Gasteiger partial charge >= 0.3 is 0 Å². The lowest BCUT2D eigenvalue weighted by atomic mass is 10.1. The Hall–Kier alpha value is -1.65. The minimum absolute atomic E-state index is 0.0733. The Morgan fingerprint density at radius 3 is 2.81 bits per heavy atom. The number of hydrogen-bond donors (Lipinski definition) is 1. The standard InChI is InChI=1S/C17H24N2O2/c1-17(2,3)19-12-16-14(7-11-21-16)13-20-10-8-15-6-4-5-9-18-15/h4-7,9,11,19H,8,10,12-13H2,1-3H3. The van der Waals surface area contributed by atoms with Gasteiger partial charge in [-0.15, -0.1) is 0 Å². The van der Waals surface area contributed by atoms with Crippen LogP contribution >= 0.6 is 0 Å². The van der Waals surface area contributed by atoms with E-state index in [1.165, 1.54) is 0 Å². The van der Waals surface area contributed by atoms with Crippen LogP contribution in [-0.4, -0.2) is 17.1 Å². The summed E-state index contributed by atoms with van der Waals surface area (Å²) < 4.78 is 11.2. The number of hydrogen-bond acceptors (Lipinski definition) is 4. The second-order valence-corrected chi connectivity index (χ2v) is 6.10. The highest BCUT2D eigenvalue weighted by atomic mass is 16.5. The molecule has 1 N–H and O–H groups in total. The summed E-state index contributed by atoms with van der Waals surface area (Å²) in [4.78, 5) is 4.28. The van der Waals surface area contributed by atoms with E-state index in [0.29, 0.717) is 13.2 Å². The van der Waals surface area contributed by atoms with Crippen molar-refractivity contribution in [2.24, 2.45) is 0 Å². The first-order valence-corrected chi connectivity index (χ1v) is 7.32. The Morgan fingerprint density at radius 1 is 1.24 bits per heavy atom. The van der Waals surface area contributed by atoms with Crippen LogP contribution in [0, 0.1) is 0 Å². The average molecular weight is 288 g/mol. The molecule has 0 atom stereocenters. The van der Waals surface area contributed by atoms with E-state index in [-0.39, 0.29) is 5.54 Å². The lowest BCUT2D eigenvalue weighted by molar-refractivity contribution is 0.121. The third kappa shape index (κ3) is 5.69. The predicted molar refractivity (Wildman–Crippen MR) is 82.9 cm³/mol. The topological polar surface area (TPSA) is 47.3 Å². The van der Waals surface area contributed by atoms with Crippen molar-refractivity contribution in [3.05, 3.63) is 53.7 Å². The quantitative estimate of drug-likeness (QED) is 0.794. The van der Waals surface area contributed by atoms with E-state index in [2.05, 4.69) is 31.1 Å². The van der Waals surface area contributed by atoms with Crippen molar-refractivity contribution in [1.29, 1.82) is 0 Å². The molecule has 21 heavy (non-hydrogen) atoms. The van der Waals surface area contributed by atoms with Gasteiger partial charge in [0.2, 0.25) is 0 Å². The predicted octanol–water partition coefficient (Wildman–Crippen LogP) is 3.32. The summed E-state index contributed by atoms with van der Waals surface area (Å²) in [5, 5.41) is 3.42. The van der Waals surface area contributed by atoms with Crippen molar-refractivity contribution in [3.63, 3.8) is 0 Å². The van der Waals surface area contributed by atoms with Gasteiger partial charge in [0.25, 0.3) is 0 Å². The molecule has 114 valence electrons. The van der Waals surface area contributed by atoms with Crippen molar-refractivity contribution >= 4 is 0 Å². The second-order valence-electron chi connectivity index (χ2n) is 6.10. The van der Waals surface area contributed by atoms with Crippen LogP contribution in [0.2, 0.25) is 0 Å². The maximum atomic E-state index is 5.73. The van der Waals surface area contributed by atoms with E-state index in [1.54, 1.807) is 6.26 Å². The Balaban J connectivity index is 1.75. The van der Waals surface area contributed by atoms with Gasteiger partial charge in [-0.2, -0.15) is 0 Å². The average Bonchev–Trinajstić information content (AvgIpc) is 2.89. The fourth-order valence-electron chi connectivity index (χ4n) is 1.90. The van der Waals surface area contributed by atoms with Crippen LogP contribution < -0.4 is 5.32 Å². The Kier molecular flexibility index (Phi) is 5.53. The van der Waals surface area contributed by atoms with Crippen LogP contribution in [0.4, 0.5) is 0 Å². The van der Waals surface area contributed by atoms with Crippen LogP contribution in [0.25, 0.3) is 0 Å². The summed E-state index contributed by atoms with van der Waals surface area (Å²) in [7, 11) is 0. The van der Waals surface area contributed by atoms with Gasteiger partial charge in [0.15, 0.2) is 0 Å². The fraction of sp³-hybridized carbons (Fsp3) is 0.471. The minimum atomic E-state index is 0.0733. The van der Waals surface area contributed by atoms with Gasteiger partial charge in [-0.3, -0.25) is 4.98 Å². The number of rotatable bonds is 7. The van der Waals surface area contributed by atoms with Gasteiger partial charge in [-0.05, 0) is 39.0 Å². The lowest BCUT2D eigenvalue weighted by Gasteiger charge is -2.20. The van der Waals surface area contributed by atoms with Crippen molar-refractivity contribution in [3.8, 4) is 0 Å². The van der Waals surface area contributed by atoms with Gasteiger partial charge < -0.3 is 14.5 Å². The molecule has 0 aliphatic rings. The maximum absolute atomic E-state index is 5.73. The highest BCUT2D eigenvalue weighted by molar-refractivity contribution is 5.16. The first-order valence-electron chi connectivity index (χ1n) is 7.32. The molecule has 0 aromatic carbocycles. The number of nitrogens with zero attached hydrogens (tertiary/aromatic N) is 1. The van der Waals surface area contributed by atoms with Crippen molar-refractivity contribution in [2.75, 3.05) is 6.61 Å². The zero-order chi connectivity index (χ0) is 15.1. The fourth-order valence-corrected chi connectivity index (χ4v) is 1.90. The molecule has 0 saturated carbocycles. The largest absolute Gasteiger partial charge is 0.468 e. The zero-order valence-corrected chi connectivity index (χ0v) is 13.1. The molecule has 0 spiro atoms. The Labute approximate surface area is 126 Å². The van der Waals surface area contributed by atoms with E-state index in [1.807, 2.05) is 30.5 Å². The summed E-state index contributed by atoms with van der Waals surface area (Å²) in [5.41, 5.74) is 2.23. The summed E-state index contributed by atoms with van der Waals surface area (Å²) in [5.74, 6) is 0.947. The summed E-state index contributed by atoms with van der Waals surface area (Å²) in [6, 6.07) is 7.90. The zero-order valence-electron chi connectivity index (χ0n) is 13.1. The van der Waals surface area contributed by atoms with E-state index in [9.17, 15) is 0 Å². The van der Waals surface area contributed by atoms with E-state index >= 15 is 0 Å². The van der Waals surface area contributed by atoms with E-state index < -0.39 is 0 Å². The normalized spacial score (nSPS) is 11.8. The first-order chi connectivity index (χ1) is 10.0. The van der Waals surface area contributed by atoms with Gasteiger partial charge in [0.1, 0.15) is 5.76 Å². The number of furan rings is 1. The molecule has 2 heterocycles. The molecule has 4 nitrogen and oxygen atoms in total. The number of ether oxygens (including phenoxy) is 1. The molecule has 0 aliphatic heterocycles. The highest BCUT2D eigenvalue weighted by Gasteiger charge is 2.12. The van der Waals surface area contributed by atoms with Crippen LogP contribution in [0.15, 0.2) is 41.1 Å². The number of aromatic nitrogens is 1. The lowest BCUT2D eigenvalue weighted by Crippen LogP contribution is -2.35. The first kappa shape index (κ1) is 15.7. The number of nitrogens with one attached hydrogen (secondary N) is 1. The minimum Gasteiger partial charge on any atom is -0.468 e. The Morgan fingerprint density at radius 2 is 2.10 bits per heavy atom. The summed E-state index contributed by atoms with van der Waals surface area (Å²) >= 11 is 0. The molecule has 0 amide bonds. The number of pyridine rings is 1. The smallest absolute Gasteiger partial charge is 0.123 e. The maximum Gasteiger partial charge on any atom is 0.123 e. The van der Waals surface area contributed by atoms with Gasteiger partial charge in [-0.1, -0.05) is 6.07 Å². The van der Waals surface area contributed by atoms with Crippen LogP contribution in [0.5, 0.6) is 0 Å². The molecule has 2 rings (SSSR count). The Bertz CT molecular complexity index is 529. The van der Waals surface area contributed by atoms with Crippen molar-refractivity contribution in [1.82, 2.24) is 10.3 Å². The second kappa shape index (κ2) is 7.38. The molecule has 0 saturated heterocycles. The monoisotopic (exact) mass is 288 g/mol.